The molecular weight excluding hydrogens is 761 g/mol. The fourth-order valence-electron chi connectivity index (χ4n) is 9.06. The number of benzene rings is 5. The monoisotopic (exact) mass is 812 g/mol. The Morgan fingerprint density at radius 1 is 0.881 bits per heavy atom. The Kier molecular flexibility index (Phi) is 11.9. The molecule has 0 unspecified atom stereocenters. The summed E-state index contributed by atoms with van der Waals surface area (Å²) >= 11 is 0. The lowest BCUT2D eigenvalue weighted by Gasteiger charge is -2.37. The number of methoxy groups -OCH3 is 2. The summed E-state index contributed by atoms with van der Waals surface area (Å²) in [7, 11) is 0.666. The van der Waals surface area contributed by atoms with Gasteiger partial charge < -0.3 is 40.2 Å². The molecule has 0 saturated carbocycles. The molecule has 59 heavy (non-hydrogen) atoms. The van der Waals surface area contributed by atoms with Crippen LogP contribution in [-0.2, 0) is 33.0 Å². The minimum Gasteiger partial charge on any atom is -0.497 e. The average molecular weight is 813 g/mol. The van der Waals surface area contributed by atoms with E-state index in [1.165, 1.54) is 0 Å². The number of aliphatic hydroxyl groups is 1. The molecule has 2 heterocycles. The van der Waals surface area contributed by atoms with Crippen molar-refractivity contribution in [3.8, 4) is 11.5 Å². The van der Waals surface area contributed by atoms with E-state index < -0.39 is 19.8 Å². The first-order chi connectivity index (χ1) is 28.4. The predicted molar refractivity (Wildman–Crippen MR) is 233 cm³/mol. The zero-order valence-electron chi connectivity index (χ0n) is 34.2. The van der Waals surface area contributed by atoms with E-state index in [2.05, 4.69) is 37.5 Å². The quantitative estimate of drug-likeness (QED) is 0.0830. The molecule has 0 radical (unpaired) electrons. The summed E-state index contributed by atoms with van der Waals surface area (Å²) < 4.78 is 18.5. The van der Waals surface area contributed by atoms with Gasteiger partial charge in [0.2, 0.25) is 5.91 Å². The Morgan fingerprint density at radius 3 is 2.24 bits per heavy atom. The van der Waals surface area contributed by atoms with Crippen molar-refractivity contribution >= 4 is 48.0 Å². The van der Waals surface area contributed by atoms with Crippen LogP contribution in [0.1, 0.15) is 40.4 Å². The number of amides is 3. The number of ether oxygens (including phenoxy) is 3. The molecule has 1 saturated heterocycles. The van der Waals surface area contributed by atoms with Crippen molar-refractivity contribution in [3.05, 3.63) is 144 Å². The van der Waals surface area contributed by atoms with Crippen LogP contribution in [0.5, 0.6) is 11.5 Å². The molecule has 0 aliphatic carbocycles. The summed E-state index contributed by atoms with van der Waals surface area (Å²) in [6.45, 7) is 7.16. The van der Waals surface area contributed by atoms with Gasteiger partial charge in [0.05, 0.1) is 53.7 Å². The molecule has 0 bridgehead atoms. The second-order valence-corrected chi connectivity index (χ2v) is 20.6. The normalized spacial score (nSPS) is 19.7. The number of hydrogen-bond acceptors (Lipinski definition) is 8. The van der Waals surface area contributed by atoms with Gasteiger partial charge in [0.1, 0.15) is 11.5 Å². The van der Waals surface area contributed by atoms with E-state index in [9.17, 15) is 14.7 Å². The molecule has 2 aliphatic heterocycles. The Labute approximate surface area is 346 Å². The lowest BCUT2D eigenvalue weighted by atomic mass is 9.82. The van der Waals surface area contributed by atoms with Crippen molar-refractivity contribution in [2.24, 2.45) is 5.92 Å². The molecule has 306 valence electrons. The minimum atomic E-state index is -2.57. The summed E-state index contributed by atoms with van der Waals surface area (Å²) in [4.78, 5) is 46.4. The van der Waals surface area contributed by atoms with Crippen LogP contribution in [-0.4, -0.2) is 69.3 Å². The minimum absolute atomic E-state index is 0.0263. The number of anilines is 3. The van der Waals surface area contributed by atoms with Crippen molar-refractivity contribution in [1.82, 2.24) is 4.90 Å². The summed E-state index contributed by atoms with van der Waals surface area (Å²) in [5.41, 5.74) is 8.96. The molecule has 11 nitrogen and oxygen atoms in total. The highest BCUT2D eigenvalue weighted by molar-refractivity contribution is 6.91. The van der Waals surface area contributed by atoms with Gasteiger partial charge in [-0.05, 0) is 83.4 Å². The van der Waals surface area contributed by atoms with Crippen LogP contribution >= 0.6 is 0 Å². The molecule has 4 N–H and O–H groups in total. The first-order valence-corrected chi connectivity index (χ1v) is 23.0. The van der Waals surface area contributed by atoms with Crippen molar-refractivity contribution in [2.75, 3.05) is 43.3 Å². The third-order valence-electron chi connectivity index (χ3n) is 12.1. The van der Waals surface area contributed by atoms with Gasteiger partial charge in [-0.1, -0.05) is 79.8 Å². The number of carbonyl (C=O) groups is 3. The number of nitrogens with zero attached hydrogens (tertiary/aromatic N) is 2. The maximum Gasteiger partial charge on any atom is 0.264 e. The number of fused-ring (bicyclic) bond motifs is 2. The van der Waals surface area contributed by atoms with Gasteiger partial charge in [-0.25, -0.2) is 0 Å². The van der Waals surface area contributed by atoms with Crippen LogP contribution in [0.4, 0.5) is 17.1 Å². The third kappa shape index (κ3) is 8.08. The first kappa shape index (κ1) is 41.2. The van der Waals surface area contributed by atoms with Crippen molar-refractivity contribution in [2.45, 2.75) is 56.8 Å². The number of carbonyl (C=O) groups excluding carboxylic acids is 3. The van der Waals surface area contributed by atoms with Gasteiger partial charge >= 0.3 is 0 Å². The highest BCUT2D eigenvalue weighted by Crippen LogP contribution is 2.60. The van der Waals surface area contributed by atoms with E-state index in [1.54, 1.807) is 48.3 Å². The van der Waals surface area contributed by atoms with Crippen LogP contribution in [0.25, 0.3) is 0 Å². The highest BCUT2D eigenvalue weighted by Gasteiger charge is 2.66. The van der Waals surface area contributed by atoms with Crippen LogP contribution in [0.15, 0.2) is 121 Å². The van der Waals surface area contributed by atoms with Gasteiger partial charge in [-0.3, -0.25) is 14.4 Å². The third-order valence-corrected chi connectivity index (χ3v) is 16.4. The number of nitrogens with one attached hydrogen (secondary N) is 1. The van der Waals surface area contributed by atoms with Crippen LogP contribution in [0.3, 0.4) is 0 Å². The highest BCUT2D eigenvalue weighted by atomic mass is 28.3. The smallest absolute Gasteiger partial charge is 0.264 e. The van der Waals surface area contributed by atoms with Gasteiger partial charge in [0.15, 0.2) is 5.60 Å². The average Bonchev–Trinajstić information content (AvgIpc) is 3.66. The van der Waals surface area contributed by atoms with Crippen molar-refractivity contribution in [1.29, 1.82) is 0 Å². The largest absolute Gasteiger partial charge is 0.497 e. The van der Waals surface area contributed by atoms with Gasteiger partial charge in [-0.2, -0.15) is 0 Å². The van der Waals surface area contributed by atoms with Gasteiger partial charge in [0.25, 0.3) is 11.8 Å². The van der Waals surface area contributed by atoms with Crippen molar-refractivity contribution < 1.29 is 33.7 Å². The van der Waals surface area contributed by atoms with E-state index in [4.69, 9.17) is 19.9 Å². The molecule has 1 spiro atoms. The topological polar surface area (TPSA) is 144 Å². The Morgan fingerprint density at radius 2 is 1.56 bits per heavy atom. The fourth-order valence-corrected chi connectivity index (χ4v) is 13.1. The maximum absolute atomic E-state index is 15.4. The van der Waals surface area contributed by atoms with Crippen LogP contribution in [0.2, 0.25) is 18.6 Å². The molecule has 0 aromatic heterocycles. The Balaban J connectivity index is 1.26. The second-order valence-electron chi connectivity index (χ2n) is 15.9. The fraction of sp³-hybridized carbons (Fsp3) is 0.298. The standard InChI is InChI=1S/C47H52N4O7Si/c1-31-44(59(4,5)39-21-18-37(56-2)19-22-39)42(28-43(53)50(24-25-52)29-32-10-7-6-8-11-32)58-47(31)40-27-38(57-3)20-23-41(40)51(46(47)55)30-33-12-9-13-36(26-33)49-45(54)34-14-16-35(48)17-15-34/h6-23,26-27,31,42,44,52H,24-25,28-30,48H2,1-5H3,(H,49,54)/t31-,42+,44-,47+/m0/s1. The molecule has 7 rings (SSSR count). The Bertz CT molecular complexity index is 2300. The van der Waals surface area contributed by atoms with Gasteiger partial charge in [-0.15, -0.1) is 0 Å². The number of rotatable bonds is 14. The molecule has 5 aromatic carbocycles. The van der Waals surface area contributed by atoms with E-state index >= 15 is 4.79 Å². The maximum atomic E-state index is 15.4. The molecule has 1 fully saturated rings. The van der Waals surface area contributed by atoms with E-state index in [-0.39, 0.29) is 55.3 Å². The molecule has 5 aromatic rings. The summed E-state index contributed by atoms with van der Waals surface area (Å²) in [6, 6.07) is 37.6. The van der Waals surface area contributed by atoms with Crippen LogP contribution < -0.4 is 30.6 Å². The lowest BCUT2D eigenvalue weighted by molar-refractivity contribution is -0.150. The summed E-state index contributed by atoms with van der Waals surface area (Å²) in [6.07, 6.45) is -0.605. The summed E-state index contributed by atoms with van der Waals surface area (Å²) in [5.74, 6) is 0.308. The molecule has 3 amide bonds. The van der Waals surface area contributed by atoms with E-state index in [1.807, 2.05) is 84.9 Å². The molecule has 2 aliphatic rings. The number of aliphatic hydroxyl groups excluding tert-OH is 1. The SMILES string of the molecule is COc1ccc([Si](C)(C)[C@@H]2[C@@H](CC(=O)N(CCO)Cc3ccccc3)O[C@]3(C(=O)N(Cc4cccc(NC(=O)c5ccc(N)cc5)c4)c4ccc(OC)cc43)[C@H]2C)cc1. The first-order valence-electron chi connectivity index (χ1n) is 19.9. The molecule has 4 atom stereocenters. The zero-order chi connectivity index (χ0) is 41.9. The second kappa shape index (κ2) is 17.1. The Hall–Kier alpha value is -5.95. The van der Waals surface area contributed by atoms with Crippen LogP contribution in [0, 0.1) is 5.92 Å². The number of nitrogens with two attached hydrogens (primary N) is 1. The molecule has 12 heteroatoms. The van der Waals surface area contributed by atoms with E-state index in [0.717, 1.165) is 22.1 Å². The lowest BCUT2D eigenvalue weighted by Crippen LogP contribution is -2.52. The van der Waals surface area contributed by atoms with E-state index in [0.29, 0.717) is 40.5 Å². The van der Waals surface area contributed by atoms with Crippen molar-refractivity contribution in [3.63, 3.8) is 0 Å². The molecular formula is C47H52N4O7Si. The van der Waals surface area contributed by atoms with Gasteiger partial charge in [0, 0.05) is 41.5 Å². The summed E-state index contributed by atoms with van der Waals surface area (Å²) in [5, 5.41) is 14.2. The number of hydrogen-bond donors (Lipinski definition) is 3. The number of nitrogen functional groups attached to an aromatic ring is 1. The zero-order valence-corrected chi connectivity index (χ0v) is 35.2. The predicted octanol–water partition coefficient (Wildman–Crippen LogP) is 6.71.